The number of hydrogen-bond donors (Lipinski definition) is 3. The second-order valence-electron chi connectivity index (χ2n) is 7.16. The molecule has 0 amide bonds. The van der Waals surface area contributed by atoms with Crippen LogP contribution in [0.25, 0.3) is 0 Å². The number of carboxylic acid groups (broad SMARTS) is 1. The first-order chi connectivity index (χ1) is 16.6. The molecule has 3 rings (SSSR count). The zero-order valence-corrected chi connectivity index (χ0v) is 19.4. The van der Waals surface area contributed by atoms with Crippen LogP contribution in [0.15, 0.2) is 54.6 Å². The summed E-state index contributed by atoms with van der Waals surface area (Å²) < 4.78 is 5.15. The van der Waals surface area contributed by atoms with Crippen molar-refractivity contribution in [2.45, 2.75) is 6.04 Å². The number of carboxylic acids is 1. The molecule has 0 spiro atoms. The van der Waals surface area contributed by atoms with Crippen LogP contribution in [0.2, 0.25) is 5.02 Å². The van der Waals surface area contributed by atoms with Gasteiger partial charge in [0.2, 0.25) is 0 Å². The molecule has 1 heterocycles. The Bertz CT molecular complexity index is 891. The summed E-state index contributed by atoms with van der Waals surface area (Å²) in [5.41, 5.74) is 2.52. The lowest BCUT2D eigenvalue weighted by atomic mass is 9.96. The molecule has 1 fully saturated rings. The first kappa shape index (κ1) is 29.5. The normalized spacial score (nSPS) is 14.4. The number of hydrogen-bond acceptors (Lipinski definition) is 8. The van der Waals surface area contributed by atoms with E-state index in [1.165, 1.54) is 11.1 Å². The Labute approximate surface area is 205 Å². The summed E-state index contributed by atoms with van der Waals surface area (Å²) in [6.07, 6.45) is 0. The van der Waals surface area contributed by atoms with Gasteiger partial charge in [0.25, 0.3) is 10.2 Å². The van der Waals surface area contributed by atoms with Gasteiger partial charge in [-0.3, -0.25) is 9.80 Å². The predicted molar refractivity (Wildman–Crippen MR) is 124 cm³/mol. The van der Waals surface area contributed by atoms with Crippen molar-refractivity contribution < 1.29 is 35.2 Å². The average Bonchev–Trinajstić information content (AvgIpc) is 2.79. The molecule has 0 saturated carbocycles. The molecule has 1 atom stereocenters. The van der Waals surface area contributed by atoms with Crippen molar-refractivity contribution >= 4 is 17.6 Å². The molecule has 14 heteroatoms. The van der Waals surface area contributed by atoms with Crippen LogP contribution in [0.5, 0.6) is 0 Å². The lowest BCUT2D eigenvalue weighted by Gasteiger charge is -2.39. The Morgan fingerprint density at radius 3 is 1.91 bits per heavy atom. The van der Waals surface area contributed by atoms with Crippen molar-refractivity contribution in [1.82, 2.24) is 9.80 Å². The second-order valence-corrected chi connectivity index (χ2v) is 7.60. The lowest BCUT2D eigenvalue weighted by Crippen LogP contribution is -2.48. The van der Waals surface area contributed by atoms with Gasteiger partial charge in [-0.25, -0.2) is 4.79 Å². The van der Waals surface area contributed by atoms with E-state index in [0.29, 0.717) is 6.61 Å². The third-order valence-electron chi connectivity index (χ3n) is 4.85. The number of halogens is 1. The van der Waals surface area contributed by atoms with E-state index in [1.807, 2.05) is 18.2 Å². The fraction of sp³-hybridized carbons (Fsp3) is 0.381. The Hall–Kier alpha value is -3.52. The standard InChI is InChI=1S/C21H25ClN2O3.2HNO3/c22-19-8-6-18(7-9-19)21(17-4-2-1-3-5-17)24-12-10-23(11-13-24)14-15-27-16-20(25)26;2*2-1(3)4/h1-9,21H,10-16H2,(H,25,26);2*(H,2,3,4). The molecule has 2 aromatic carbocycles. The van der Waals surface area contributed by atoms with E-state index >= 15 is 0 Å². The Morgan fingerprint density at radius 2 is 1.43 bits per heavy atom. The number of piperazine rings is 1. The molecule has 1 aliphatic rings. The molecule has 0 aliphatic carbocycles. The predicted octanol–water partition coefficient (Wildman–Crippen LogP) is 2.45. The molecular formula is C21H27ClN4O9. The third-order valence-corrected chi connectivity index (χ3v) is 5.10. The highest BCUT2D eigenvalue weighted by atomic mass is 35.5. The average molecular weight is 515 g/mol. The summed E-state index contributed by atoms with van der Waals surface area (Å²) >= 11 is 6.08. The molecule has 1 aliphatic heterocycles. The number of ether oxygens (including phenoxy) is 1. The van der Waals surface area contributed by atoms with Crippen LogP contribution in [0.3, 0.4) is 0 Å². The SMILES string of the molecule is O=C(O)COCCN1CCN(C(c2ccccc2)c2ccc(Cl)cc2)CC1.O=[N+]([O-])O.O=[N+]([O-])O. The number of nitrogens with zero attached hydrogens (tertiary/aromatic N) is 4. The summed E-state index contributed by atoms with van der Waals surface area (Å²) in [5, 5.41) is 36.7. The maximum atomic E-state index is 10.5. The fourth-order valence-corrected chi connectivity index (χ4v) is 3.62. The molecule has 0 radical (unpaired) electrons. The minimum absolute atomic E-state index is 0.203. The molecule has 1 saturated heterocycles. The monoisotopic (exact) mass is 514 g/mol. The van der Waals surface area contributed by atoms with E-state index in [2.05, 4.69) is 46.2 Å². The van der Waals surface area contributed by atoms with E-state index in [9.17, 15) is 4.79 Å². The Kier molecular flexibility index (Phi) is 13.6. The van der Waals surface area contributed by atoms with Gasteiger partial charge < -0.3 is 20.3 Å². The Balaban J connectivity index is 0.000000668. The maximum Gasteiger partial charge on any atom is 0.329 e. The van der Waals surface area contributed by atoms with Crippen molar-refractivity contribution in [3.63, 3.8) is 0 Å². The highest BCUT2D eigenvalue weighted by molar-refractivity contribution is 6.30. The van der Waals surface area contributed by atoms with Gasteiger partial charge in [-0.15, -0.1) is 20.2 Å². The van der Waals surface area contributed by atoms with Gasteiger partial charge in [0.05, 0.1) is 12.6 Å². The van der Waals surface area contributed by atoms with Gasteiger partial charge >= 0.3 is 5.97 Å². The molecule has 1 unspecified atom stereocenters. The van der Waals surface area contributed by atoms with Gasteiger partial charge in [-0.1, -0.05) is 54.1 Å². The van der Waals surface area contributed by atoms with E-state index in [0.717, 1.165) is 37.7 Å². The van der Waals surface area contributed by atoms with Crippen LogP contribution in [0.1, 0.15) is 17.2 Å². The minimum Gasteiger partial charge on any atom is -0.480 e. The molecule has 0 aromatic heterocycles. The zero-order valence-electron chi connectivity index (χ0n) is 18.7. The van der Waals surface area contributed by atoms with Crippen LogP contribution < -0.4 is 0 Å². The van der Waals surface area contributed by atoms with Crippen molar-refractivity contribution in [3.8, 4) is 0 Å². The van der Waals surface area contributed by atoms with Crippen molar-refractivity contribution in [3.05, 3.63) is 91.0 Å². The molecule has 35 heavy (non-hydrogen) atoms. The van der Waals surface area contributed by atoms with Crippen LogP contribution in [0.4, 0.5) is 0 Å². The summed E-state index contributed by atoms with van der Waals surface area (Å²) in [5.74, 6) is -0.923. The molecular weight excluding hydrogens is 488 g/mol. The molecule has 0 bridgehead atoms. The van der Waals surface area contributed by atoms with E-state index in [1.54, 1.807) is 0 Å². The van der Waals surface area contributed by atoms with E-state index in [4.69, 9.17) is 52.1 Å². The number of aliphatic carboxylic acids is 1. The van der Waals surface area contributed by atoms with Gasteiger partial charge in [-0.2, -0.15) is 0 Å². The number of benzene rings is 2. The summed E-state index contributed by atoms with van der Waals surface area (Å²) in [4.78, 5) is 32.0. The van der Waals surface area contributed by atoms with Gasteiger partial charge in [-0.05, 0) is 23.3 Å². The second kappa shape index (κ2) is 16.2. The first-order valence-corrected chi connectivity index (χ1v) is 10.7. The van der Waals surface area contributed by atoms with Crippen LogP contribution >= 0.6 is 11.6 Å². The minimum atomic E-state index is -1.50. The van der Waals surface area contributed by atoms with Gasteiger partial charge in [0, 0.05) is 37.7 Å². The molecule has 2 aromatic rings. The smallest absolute Gasteiger partial charge is 0.329 e. The quantitative estimate of drug-likeness (QED) is 0.267. The first-order valence-electron chi connectivity index (χ1n) is 10.3. The zero-order chi connectivity index (χ0) is 26.2. The van der Waals surface area contributed by atoms with E-state index < -0.39 is 16.1 Å². The Morgan fingerprint density at radius 1 is 0.943 bits per heavy atom. The molecule has 13 nitrogen and oxygen atoms in total. The highest BCUT2D eigenvalue weighted by Crippen LogP contribution is 2.30. The van der Waals surface area contributed by atoms with E-state index in [-0.39, 0.29) is 12.6 Å². The van der Waals surface area contributed by atoms with Gasteiger partial charge in [0.15, 0.2) is 0 Å². The van der Waals surface area contributed by atoms with Crippen molar-refractivity contribution in [2.75, 3.05) is 45.9 Å². The van der Waals surface area contributed by atoms with Crippen LogP contribution in [-0.2, 0) is 9.53 Å². The molecule has 192 valence electrons. The summed E-state index contributed by atoms with van der Waals surface area (Å²) in [6, 6.07) is 18.8. The van der Waals surface area contributed by atoms with Crippen LogP contribution in [-0.4, -0.2) is 87.4 Å². The number of rotatable bonds is 8. The summed E-state index contributed by atoms with van der Waals surface area (Å²) in [7, 11) is 0. The molecule has 3 N–H and O–H groups in total. The highest BCUT2D eigenvalue weighted by Gasteiger charge is 2.26. The third kappa shape index (κ3) is 13.1. The lowest BCUT2D eigenvalue weighted by molar-refractivity contribution is -0.742. The van der Waals surface area contributed by atoms with Gasteiger partial charge in [0.1, 0.15) is 6.61 Å². The number of carbonyl (C=O) groups is 1. The van der Waals surface area contributed by atoms with Crippen LogP contribution in [0, 0.1) is 20.2 Å². The fourth-order valence-electron chi connectivity index (χ4n) is 3.49. The van der Waals surface area contributed by atoms with Crippen molar-refractivity contribution in [2.24, 2.45) is 0 Å². The summed E-state index contributed by atoms with van der Waals surface area (Å²) in [6.45, 7) is 4.75. The topological polar surface area (TPSA) is 180 Å². The maximum absolute atomic E-state index is 10.5. The van der Waals surface area contributed by atoms with Crippen molar-refractivity contribution in [1.29, 1.82) is 0 Å². The largest absolute Gasteiger partial charge is 0.480 e.